The van der Waals surface area contributed by atoms with Crippen LogP contribution in [0.3, 0.4) is 0 Å². The number of carbonyl (C=O) groups excluding carboxylic acids is 1. The number of nitrogens with zero attached hydrogens (tertiary/aromatic N) is 2. The Bertz CT molecular complexity index is 195. The highest BCUT2D eigenvalue weighted by molar-refractivity contribution is 6.33. The summed E-state index contributed by atoms with van der Waals surface area (Å²) in [5, 5.41) is 0. The monoisotopic (exact) mass is 170 g/mol. The molecular weight excluding hydrogens is 156 g/mol. The quantitative estimate of drug-likeness (QED) is 0.206. The first kappa shape index (κ1) is 10.8. The van der Waals surface area contributed by atoms with Crippen molar-refractivity contribution in [3.63, 3.8) is 0 Å². The third-order valence-corrected chi connectivity index (χ3v) is 1.56. The Labute approximate surface area is 72.2 Å². The molecule has 0 aliphatic rings. The largest absolute Gasteiger partial charge is 0.460 e. The van der Waals surface area contributed by atoms with Crippen molar-refractivity contribution in [1.29, 1.82) is 0 Å². The fourth-order valence-corrected chi connectivity index (χ4v) is 0.853. The van der Waals surface area contributed by atoms with Crippen LogP contribution in [0.15, 0.2) is 0 Å². The Morgan fingerprint density at radius 3 is 2.58 bits per heavy atom. The van der Waals surface area contributed by atoms with Gasteiger partial charge >= 0.3 is 11.7 Å². The van der Waals surface area contributed by atoms with E-state index in [1.807, 2.05) is 0 Å². The number of unbranched alkanes of at least 4 members (excludes halogenated alkanes) is 2. The minimum atomic E-state index is -0.548. The van der Waals surface area contributed by atoms with Crippen molar-refractivity contribution in [3.05, 3.63) is 5.53 Å². The summed E-state index contributed by atoms with van der Waals surface area (Å²) in [5.41, 5.74) is 8.52. The standard InChI is InChI=1S/C8H14N2O2/c1-3-4-5-6-7(10-9)8(11)12-2/h3-6H2,1-2H3. The lowest BCUT2D eigenvalue weighted by Gasteiger charge is -1.93. The molecule has 0 rings (SSSR count). The van der Waals surface area contributed by atoms with Crippen LogP contribution in [0.25, 0.3) is 5.53 Å². The van der Waals surface area contributed by atoms with Gasteiger partial charge in [0.2, 0.25) is 0 Å². The highest BCUT2D eigenvalue weighted by Gasteiger charge is 2.19. The molecule has 12 heavy (non-hydrogen) atoms. The van der Waals surface area contributed by atoms with Crippen molar-refractivity contribution >= 4 is 11.7 Å². The lowest BCUT2D eigenvalue weighted by Crippen LogP contribution is -2.16. The first-order valence-corrected chi connectivity index (χ1v) is 4.05. The molecule has 0 saturated heterocycles. The summed E-state index contributed by atoms with van der Waals surface area (Å²) < 4.78 is 4.40. The Hall–Kier alpha value is -1.15. The summed E-state index contributed by atoms with van der Waals surface area (Å²) in [6, 6.07) is 0. The topological polar surface area (TPSA) is 62.7 Å². The van der Waals surface area contributed by atoms with E-state index in [0.717, 1.165) is 19.3 Å². The summed E-state index contributed by atoms with van der Waals surface area (Å²) in [5.74, 6) is -0.548. The number of hydrogen-bond donors (Lipinski definition) is 0. The van der Waals surface area contributed by atoms with Crippen molar-refractivity contribution < 1.29 is 14.3 Å². The molecular formula is C8H14N2O2. The SMILES string of the molecule is CCCCCC(=[N+]=[N-])C(=O)OC. The van der Waals surface area contributed by atoms with E-state index in [4.69, 9.17) is 5.53 Å². The van der Waals surface area contributed by atoms with E-state index >= 15 is 0 Å². The van der Waals surface area contributed by atoms with E-state index in [0.29, 0.717) is 6.42 Å². The molecule has 0 fully saturated rings. The second kappa shape index (κ2) is 6.55. The zero-order valence-corrected chi connectivity index (χ0v) is 7.54. The molecule has 0 radical (unpaired) electrons. The third kappa shape index (κ3) is 3.88. The van der Waals surface area contributed by atoms with Crippen molar-refractivity contribution in [2.75, 3.05) is 7.11 Å². The van der Waals surface area contributed by atoms with Gasteiger partial charge in [-0.2, -0.15) is 4.79 Å². The summed E-state index contributed by atoms with van der Waals surface area (Å²) >= 11 is 0. The zero-order valence-electron chi connectivity index (χ0n) is 7.54. The number of esters is 1. The van der Waals surface area contributed by atoms with E-state index in [2.05, 4.69) is 16.5 Å². The molecule has 4 heteroatoms. The Kier molecular flexibility index (Phi) is 5.93. The molecule has 0 heterocycles. The van der Waals surface area contributed by atoms with Crippen LogP contribution in [0.5, 0.6) is 0 Å². The van der Waals surface area contributed by atoms with E-state index in [9.17, 15) is 4.79 Å². The first-order valence-electron chi connectivity index (χ1n) is 4.05. The minimum absolute atomic E-state index is 0.103. The van der Waals surface area contributed by atoms with Crippen LogP contribution in [0.4, 0.5) is 0 Å². The van der Waals surface area contributed by atoms with Gasteiger partial charge in [-0.1, -0.05) is 19.8 Å². The van der Waals surface area contributed by atoms with E-state index in [1.165, 1.54) is 7.11 Å². The normalized spacial score (nSPS) is 8.83. The summed E-state index contributed by atoms with van der Waals surface area (Å²) in [6.45, 7) is 2.06. The van der Waals surface area contributed by atoms with Crippen LogP contribution in [0.1, 0.15) is 32.6 Å². The molecule has 0 unspecified atom stereocenters. The van der Waals surface area contributed by atoms with Gasteiger partial charge in [-0.15, -0.1) is 0 Å². The molecule has 0 amide bonds. The number of ether oxygens (including phenoxy) is 1. The molecule has 0 aliphatic carbocycles. The molecule has 0 N–H and O–H groups in total. The molecule has 0 aromatic rings. The van der Waals surface area contributed by atoms with Gasteiger partial charge in [-0.25, -0.2) is 4.79 Å². The van der Waals surface area contributed by atoms with Gasteiger partial charge in [0.05, 0.1) is 13.5 Å². The molecule has 0 atom stereocenters. The number of carbonyl (C=O) groups is 1. The van der Waals surface area contributed by atoms with Gasteiger partial charge in [-0.05, 0) is 6.42 Å². The third-order valence-electron chi connectivity index (χ3n) is 1.56. The van der Waals surface area contributed by atoms with Gasteiger partial charge in [0.1, 0.15) is 0 Å². The maximum absolute atomic E-state index is 10.8. The van der Waals surface area contributed by atoms with Gasteiger partial charge in [0, 0.05) is 0 Å². The van der Waals surface area contributed by atoms with Crippen LogP contribution >= 0.6 is 0 Å². The van der Waals surface area contributed by atoms with E-state index in [-0.39, 0.29) is 5.71 Å². The molecule has 4 nitrogen and oxygen atoms in total. The maximum Gasteiger partial charge on any atom is 0.416 e. The average molecular weight is 170 g/mol. The number of hydrogen-bond acceptors (Lipinski definition) is 2. The molecule has 0 saturated carbocycles. The lowest BCUT2D eigenvalue weighted by molar-refractivity contribution is -0.137. The molecule has 68 valence electrons. The summed E-state index contributed by atoms with van der Waals surface area (Å²) in [7, 11) is 1.27. The lowest BCUT2D eigenvalue weighted by atomic mass is 10.1. The highest BCUT2D eigenvalue weighted by Crippen LogP contribution is 2.00. The van der Waals surface area contributed by atoms with Crippen molar-refractivity contribution in [2.45, 2.75) is 32.6 Å². The second-order valence-corrected chi connectivity index (χ2v) is 2.50. The Morgan fingerprint density at radius 2 is 2.17 bits per heavy atom. The number of methoxy groups -OCH3 is 1. The smallest absolute Gasteiger partial charge is 0.416 e. The van der Waals surface area contributed by atoms with Crippen molar-refractivity contribution in [1.82, 2.24) is 0 Å². The van der Waals surface area contributed by atoms with Crippen LogP contribution < -0.4 is 0 Å². The van der Waals surface area contributed by atoms with Crippen LogP contribution in [0.2, 0.25) is 0 Å². The fourth-order valence-electron chi connectivity index (χ4n) is 0.853. The predicted molar refractivity (Wildman–Crippen MR) is 44.8 cm³/mol. The molecule has 0 aromatic heterocycles. The molecule has 0 bridgehead atoms. The Morgan fingerprint density at radius 1 is 1.50 bits per heavy atom. The minimum Gasteiger partial charge on any atom is -0.460 e. The van der Waals surface area contributed by atoms with Crippen LogP contribution in [-0.4, -0.2) is 23.6 Å². The van der Waals surface area contributed by atoms with E-state index < -0.39 is 5.97 Å². The van der Waals surface area contributed by atoms with Gasteiger partial charge in [-0.3, -0.25) is 0 Å². The van der Waals surface area contributed by atoms with Crippen LogP contribution in [0, 0.1) is 0 Å². The van der Waals surface area contributed by atoms with Gasteiger partial charge in [0.25, 0.3) is 0 Å². The molecule has 0 spiro atoms. The maximum atomic E-state index is 10.8. The molecule has 0 aliphatic heterocycles. The second-order valence-electron chi connectivity index (χ2n) is 2.50. The first-order chi connectivity index (χ1) is 5.76. The van der Waals surface area contributed by atoms with Crippen molar-refractivity contribution in [3.8, 4) is 0 Å². The highest BCUT2D eigenvalue weighted by atomic mass is 16.5. The summed E-state index contributed by atoms with van der Waals surface area (Å²) in [4.78, 5) is 13.7. The zero-order chi connectivity index (χ0) is 9.40. The molecule has 0 aromatic carbocycles. The Balaban J connectivity index is 3.86. The van der Waals surface area contributed by atoms with Gasteiger partial charge < -0.3 is 10.3 Å². The average Bonchev–Trinajstić information content (AvgIpc) is 2.11. The van der Waals surface area contributed by atoms with Gasteiger partial charge in [0.15, 0.2) is 0 Å². The van der Waals surface area contributed by atoms with Crippen molar-refractivity contribution in [2.24, 2.45) is 0 Å². The predicted octanol–water partition coefficient (Wildman–Crippen LogP) is 1.41. The fraction of sp³-hybridized carbons (Fsp3) is 0.750. The summed E-state index contributed by atoms with van der Waals surface area (Å²) in [6.07, 6.45) is 3.43. The van der Waals surface area contributed by atoms with Crippen LogP contribution in [-0.2, 0) is 9.53 Å². The van der Waals surface area contributed by atoms with E-state index in [1.54, 1.807) is 0 Å². The number of rotatable bonds is 5.